The van der Waals surface area contributed by atoms with Gasteiger partial charge in [0.25, 0.3) is 0 Å². The molecule has 0 saturated heterocycles. The molecule has 0 saturated carbocycles. The minimum atomic E-state index is 0.170. The second-order valence-electron chi connectivity index (χ2n) is 2.02. The average molecular weight is 211 g/mol. The number of hydrogen-bond acceptors (Lipinski definition) is 5. The largest absolute Gasteiger partial charge is 0.288 e. The minimum absolute atomic E-state index is 0.170. The van der Waals surface area contributed by atoms with Crippen LogP contribution < -0.4 is 0 Å². The molecule has 0 spiro atoms. The highest BCUT2D eigenvalue weighted by molar-refractivity contribution is 8.13. The van der Waals surface area contributed by atoms with Gasteiger partial charge in [0.05, 0.1) is 0 Å². The van der Waals surface area contributed by atoms with Gasteiger partial charge in [0.1, 0.15) is 0 Å². The van der Waals surface area contributed by atoms with Crippen LogP contribution in [0.15, 0.2) is 0 Å². The van der Waals surface area contributed by atoms with E-state index in [9.17, 15) is 4.79 Å². The molecule has 0 heterocycles. The van der Waals surface area contributed by atoms with Crippen molar-refractivity contribution in [3.63, 3.8) is 0 Å². The fourth-order valence-corrected chi connectivity index (χ4v) is 1.78. The molecule has 2 nitrogen and oxygen atoms in total. The van der Waals surface area contributed by atoms with E-state index in [1.54, 1.807) is 6.92 Å². The number of hydrogen-bond donors (Lipinski definition) is 2. The highest BCUT2D eigenvalue weighted by Crippen LogP contribution is 2.02. The number of thioether (sulfide) groups is 1. The Hall–Kier alpha value is 0.680. The van der Waals surface area contributed by atoms with Gasteiger partial charge in [-0.2, -0.15) is 25.3 Å². The molecule has 0 atom stereocenters. The van der Waals surface area contributed by atoms with Crippen molar-refractivity contribution in [2.45, 2.75) is 6.92 Å². The molecule has 0 aromatic rings. The maximum Gasteiger partial charge on any atom is 0.185 e. The van der Waals surface area contributed by atoms with Crippen LogP contribution in [0.3, 0.4) is 0 Å². The third kappa shape index (κ3) is 7.05. The van der Waals surface area contributed by atoms with Gasteiger partial charge in [-0.1, -0.05) is 11.8 Å². The normalized spacial score (nSPS) is 10.5. The van der Waals surface area contributed by atoms with E-state index in [2.05, 4.69) is 25.3 Å². The molecule has 66 valence electrons. The summed E-state index contributed by atoms with van der Waals surface area (Å²) in [6, 6.07) is 0. The Labute approximate surface area is 82.9 Å². The summed E-state index contributed by atoms with van der Waals surface area (Å²) in [6.45, 7) is 2.45. The summed E-state index contributed by atoms with van der Waals surface area (Å²) in [5.74, 6) is 2.22. The summed E-state index contributed by atoms with van der Waals surface area (Å²) < 4.78 is 0. The van der Waals surface area contributed by atoms with E-state index in [0.717, 1.165) is 12.3 Å². The van der Waals surface area contributed by atoms with Gasteiger partial charge in [0.15, 0.2) is 5.12 Å². The number of carbonyl (C=O) groups excluding carboxylic acids is 1. The summed E-state index contributed by atoms with van der Waals surface area (Å²) in [5.41, 5.74) is 0. The number of nitrogens with zero attached hydrogens (tertiary/aromatic N) is 1. The van der Waals surface area contributed by atoms with E-state index in [1.807, 2.05) is 4.90 Å². The Morgan fingerprint density at radius 1 is 1.45 bits per heavy atom. The third-order valence-corrected chi connectivity index (χ3v) is 2.71. The van der Waals surface area contributed by atoms with Gasteiger partial charge >= 0.3 is 0 Å². The first-order chi connectivity index (χ1) is 5.20. The summed E-state index contributed by atoms with van der Waals surface area (Å²) in [4.78, 5) is 12.6. The predicted molar refractivity (Wildman–Crippen MR) is 57.6 cm³/mol. The monoisotopic (exact) mass is 211 g/mol. The highest BCUT2D eigenvalue weighted by Gasteiger charge is 2.00. The van der Waals surface area contributed by atoms with Crippen LogP contribution in [0.25, 0.3) is 0 Å². The minimum Gasteiger partial charge on any atom is -0.288 e. The van der Waals surface area contributed by atoms with Gasteiger partial charge in [-0.15, -0.1) is 0 Å². The van der Waals surface area contributed by atoms with E-state index < -0.39 is 0 Å². The zero-order valence-electron chi connectivity index (χ0n) is 6.49. The summed E-state index contributed by atoms with van der Waals surface area (Å²) in [7, 11) is 0. The number of rotatable bonds is 5. The van der Waals surface area contributed by atoms with E-state index in [1.165, 1.54) is 11.8 Å². The lowest BCUT2D eigenvalue weighted by atomic mass is 10.7. The zero-order chi connectivity index (χ0) is 8.69. The van der Waals surface area contributed by atoms with Crippen molar-refractivity contribution in [3.8, 4) is 0 Å². The molecule has 11 heavy (non-hydrogen) atoms. The molecule has 0 aliphatic heterocycles. The lowest BCUT2D eigenvalue weighted by Crippen LogP contribution is -2.23. The van der Waals surface area contributed by atoms with Gasteiger partial charge < -0.3 is 0 Å². The first-order valence-corrected chi connectivity index (χ1v) is 5.53. The standard InChI is InChI=1S/C6H13NOS3/c1-6(8)11-3-2-7(4-9)5-10/h9-10H,2-5H2,1H3. The number of thiol groups is 2. The van der Waals surface area contributed by atoms with Gasteiger partial charge in [0.2, 0.25) is 0 Å². The predicted octanol–water partition coefficient (Wildman–Crippen LogP) is 1.34. The third-order valence-electron chi connectivity index (χ3n) is 1.11. The fourth-order valence-electron chi connectivity index (χ4n) is 0.505. The molecule has 0 aliphatic rings. The Kier molecular flexibility index (Phi) is 7.79. The summed E-state index contributed by atoms with van der Waals surface area (Å²) in [6.07, 6.45) is 0. The molecular weight excluding hydrogens is 198 g/mol. The Balaban J connectivity index is 3.28. The molecule has 0 aromatic carbocycles. The van der Waals surface area contributed by atoms with Gasteiger partial charge in [0, 0.05) is 31.0 Å². The molecule has 0 unspecified atom stereocenters. The highest BCUT2D eigenvalue weighted by atomic mass is 32.2. The molecule has 0 amide bonds. The smallest absolute Gasteiger partial charge is 0.185 e. The molecule has 0 fully saturated rings. The molecule has 5 heteroatoms. The molecule has 0 radical (unpaired) electrons. The molecule has 0 aliphatic carbocycles. The van der Waals surface area contributed by atoms with Crippen LogP contribution >= 0.6 is 37.0 Å². The van der Waals surface area contributed by atoms with Crippen LogP contribution in [0.5, 0.6) is 0 Å². The Bertz CT molecular complexity index is 116. The van der Waals surface area contributed by atoms with Crippen molar-refractivity contribution in [2.75, 3.05) is 24.1 Å². The second-order valence-corrected chi connectivity index (χ2v) is 3.85. The molecule has 0 bridgehead atoms. The first-order valence-electron chi connectivity index (χ1n) is 3.28. The molecule has 0 aromatic heterocycles. The molecule has 0 N–H and O–H groups in total. The quantitative estimate of drug-likeness (QED) is 0.529. The van der Waals surface area contributed by atoms with Crippen molar-refractivity contribution in [1.29, 1.82) is 0 Å². The SMILES string of the molecule is CC(=O)SCCN(CS)CS. The Morgan fingerprint density at radius 2 is 2.00 bits per heavy atom. The van der Waals surface area contributed by atoms with Crippen LogP contribution in [0, 0.1) is 0 Å². The Morgan fingerprint density at radius 3 is 2.36 bits per heavy atom. The topological polar surface area (TPSA) is 20.3 Å². The number of carbonyl (C=O) groups is 1. The van der Waals surface area contributed by atoms with E-state index in [4.69, 9.17) is 0 Å². The maximum atomic E-state index is 10.5. The van der Waals surface area contributed by atoms with Crippen molar-refractivity contribution in [1.82, 2.24) is 4.90 Å². The van der Waals surface area contributed by atoms with Crippen LogP contribution in [-0.4, -0.2) is 34.1 Å². The lowest BCUT2D eigenvalue weighted by molar-refractivity contribution is -0.109. The van der Waals surface area contributed by atoms with Crippen molar-refractivity contribution in [3.05, 3.63) is 0 Å². The first kappa shape index (κ1) is 11.7. The zero-order valence-corrected chi connectivity index (χ0v) is 9.09. The molecular formula is C6H13NOS3. The van der Waals surface area contributed by atoms with Crippen LogP contribution in [0.2, 0.25) is 0 Å². The van der Waals surface area contributed by atoms with Crippen LogP contribution in [0.4, 0.5) is 0 Å². The van der Waals surface area contributed by atoms with E-state index >= 15 is 0 Å². The maximum absolute atomic E-state index is 10.5. The van der Waals surface area contributed by atoms with Crippen molar-refractivity contribution in [2.24, 2.45) is 0 Å². The van der Waals surface area contributed by atoms with E-state index in [0.29, 0.717) is 11.8 Å². The molecule has 0 rings (SSSR count). The van der Waals surface area contributed by atoms with Gasteiger partial charge in [-0.3, -0.25) is 9.69 Å². The van der Waals surface area contributed by atoms with Gasteiger partial charge in [-0.25, -0.2) is 0 Å². The average Bonchev–Trinajstić information content (AvgIpc) is 1.98. The fraction of sp³-hybridized carbons (Fsp3) is 0.833. The van der Waals surface area contributed by atoms with Crippen LogP contribution in [-0.2, 0) is 4.79 Å². The van der Waals surface area contributed by atoms with E-state index in [-0.39, 0.29) is 5.12 Å². The summed E-state index contributed by atoms with van der Waals surface area (Å²) >= 11 is 9.55. The summed E-state index contributed by atoms with van der Waals surface area (Å²) in [5, 5.41) is 0.170. The second kappa shape index (κ2) is 7.34. The van der Waals surface area contributed by atoms with Crippen molar-refractivity contribution < 1.29 is 4.79 Å². The van der Waals surface area contributed by atoms with Crippen molar-refractivity contribution >= 4 is 42.1 Å². The van der Waals surface area contributed by atoms with Gasteiger partial charge in [-0.05, 0) is 0 Å². The lowest BCUT2D eigenvalue weighted by Gasteiger charge is -2.15. The van der Waals surface area contributed by atoms with Crippen LogP contribution in [0.1, 0.15) is 6.92 Å².